The Hall–Kier alpha value is -4.81. The number of anilines is 1. The van der Waals surface area contributed by atoms with E-state index < -0.39 is 64.7 Å². The maximum atomic E-state index is 14.9. The van der Waals surface area contributed by atoms with E-state index in [1.165, 1.54) is 9.58 Å². The number of methoxy groups -OCH3 is 1. The summed E-state index contributed by atoms with van der Waals surface area (Å²) < 4.78 is 7.32. The number of para-hydroxylation sites is 1. The molecule has 4 aromatic rings. The number of likely N-dealkylation sites (tertiary alicyclic amines) is 1. The number of carbonyl (C=O) groups excluding carboxylic acids is 5. The van der Waals surface area contributed by atoms with E-state index in [2.05, 4.69) is 0 Å². The lowest BCUT2D eigenvalue weighted by atomic mass is 9.51. The van der Waals surface area contributed by atoms with Gasteiger partial charge in [0, 0.05) is 34.3 Å². The normalized spacial score (nSPS) is 27.5. The number of aryl methyl sites for hydroxylation is 3. The van der Waals surface area contributed by atoms with E-state index in [1.54, 1.807) is 56.5 Å². The molecule has 13 heteroatoms. The van der Waals surface area contributed by atoms with Gasteiger partial charge < -0.3 is 9.84 Å². The van der Waals surface area contributed by atoms with Gasteiger partial charge in [-0.1, -0.05) is 41.4 Å². The van der Waals surface area contributed by atoms with Gasteiger partial charge in [-0.15, -0.1) is 11.3 Å². The van der Waals surface area contributed by atoms with Crippen molar-refractivity contribution in [1.29, 1.82) is 0 Å². The lowest BCUT2D eigenvalue weighted by Crippen LogP contribution is -2.49. The Kier molecular flexibility index (Phi) is 7.19. The number of halogens is 1. The van der Waals surface area contributed by atoms with Gasteiger partial charge in [-0.2, -0.15) is 10.00 Å². The number of phenolic OH excluding ortho intramolecular Hbond substituents is 1. The maximum absolute atomic E-state index is 14.9. The van der Waals surface area contributed by atoms with E-state index in [1.807, 2.05) is 31.2 Å². The van der Waals surface area contributed by atoms with Gasteiger partial charge in [0.05, 0.1) is 35.2 Å². The van der Waals surface area contributed by atoms with Crippen LogP contribution in [0.5, 0.6) is 5.75 Å². The molecule has 2 aromatic heterocycles. The van der Waals surface area contributed by atoms with Crippen LogP contribution in [0.25, 0.3) is 20.7 Å². The van der Waals surface area contributed by atoms with Crippen molar-refractivity contribution in [2.24, 2.45) is 36.1 Å². The molecule has 6 atom stereocenters. The minimum absolute atomic E-state index is 0.00646. The van der Waals surface area contributed by atoms with Crippen LogP contribution in [0.3, 0.4) is 0 Å². The van der Waals surface area contributed by atoms with Crippen LogP contribution in [-0.4, -0.2) is 56.6 Å². The van der Waals surface area contributed by atoms with Crippen LogP contribution >= 0.6 is 22.9 Å². The molecule has 6 unspecified atom stereocenters. The first-order valence-electron chi connectivity index (χ1n) is 16.3. The fraction of sp³-hybridized carbons (Fsp3) is 0.351. The fourth-order valence-corrected chi connectivity index (χ4v) is 10.3. The smallest absolute Gasteiger partial charge is 0.423 e. The number of allylic oxidation sites excluding steroid dienone is 2. The number of benzene rings is 2. The molecule has 2 saturated heterocycles. The third-order valence-corrected chi connectivity index (χ3v) is 13.0. The molecule has 50 heavy (non-hydrogen) atoms. The lowest BCUT2D eigenvalue weighted by Gasteiger charge is -2.49. The molecule has 1 saturated carbocycles. The Morgan fingerprint density at radius 2 is 1.82 bits per heavy atom. The van der Waals surface area contributed by atoms with Gasteiger partial charge in [-0.05, 0) is 74.2 Å². The summed E-state index contributed by atoms with van der Waals surface area (Å²) in [7, 11) is 2.79. The van der Waals surface area contributed by atoms with Crippen LogP contribution < -0.4 is 4.90 Å². The lowest BCUT2D eigenvalue weighted by molar-refractivity contribution is -0.138. The fourth-order valence-electron chi connectivity index (χ4n) is 8.98. The monoisotopic (exact) mass is 712 g/mol. The first-order valence-corrected chi connectivity index (χ1v) is 17.5. The zero-order valence-corrected chi connectivity index (χ0v) is 29.5. The summed E-state index contributed by atoms with van der Waals surface area (Å²) in [6.07, 6.45) is 1.08. The molecule has 3 fully saturated rings. The standard InChI is InChI=1S/C37H33ClN4O7S/c1-16-7-6-8-21(30(16)43)29-19-10-11-20-28(34(46)42(32(20)44)36(48)49-5)23(19)14-24-33(45)41(35(47)37(24,29)3)27-15-25(39-40(27)4)31-17(2)22-13-18(38)9-12-26(22)50-31/h6-10,12-13,15,20,23-24,28-29,43H,11,14H2,1-5H3. The van der Waals surface area contributed by atoms with Crippen molar-refractivity contribution in [3.63, 3.8) is 0 Å². The summed E-state index contributed by atoms with van der Waals surface area (Å²) in [5.41, 5.74) is 1.97. The Balaban J connectivity index is 1.26. The molecule has 4 heterocycles. The van der Waals surface area contributed by atoms with Crippen molar-refractivity contribution in [3.05, 3.63) is 75.8 Å². The van der Waals surface area contributed by atoms with Gasteiger partial charge in [0.2, 0.25) is 23.6 Å². The SMILES string of the molecule is COC(=O)N1C(=O)C2CC=C3C(CC4C(=O)N(c5cc(-c6sc7ccc(Cl)cc7c6C)nn5C)C(=O)C4(C)C3c3cccc(C)c3O)C2C1=O. The van der Waals surface area contributed by atoms with Crippen LogP contribution in [0, 0.1) is 42.9 Å². The summed E-state index contributed by atoms with van der Waals surface area (Å²) >= 11 is 7.83. The van der Waals surface area contributed by atoms with E-state index in [0.29, 0.717) is 38.1 Å². The highest BCUT2D eigenvalue weighted by Gasteiger charge is 2.68. The largest absolute Gasteiger partial charge is 0.507 e. The van der Waals surface area contributed by atoms with Gasteiger partial charge in [0.15, 0.2) is 0 Å². The molecule has 2 aliphatic heterocycles. The number of imide groups is 4. The number of hydrogen-bond acceptors (Lipinski definition) is 9. The van der Waals surface area contributed by atoms with Crippen molar-refractivity contribution < 1.29 is 33.8 Å². The number of ether oxygens (including phenoxy) is 1. The van der Waals surface area contributed by atoms with Crippen LogP contribution in [0.4, 0.5) is 10.6 Å². The maximum Gasteiger partial charge on any atom is 0.423 e. The van der Waals surface area contributed by atoms with Crippen molar-refractivity contribution >= 4 is 68.6 Å². The zero-order valence-electron chi connectivity index (χ0n) is 27.9. The molecule has 0 bridgehead atoms. The zero-order chi connectivity index (χ0) is 35.5. The van der Waals surface area contributed by atoms with Crippen LogP contribution in [0.2, 0.25) is 5.02 Å². The summed E-state index contributed by atoms with van der Waals surface area (Å²) in [5, 5.41) is 17.8. The molecule has 0 spiro atoms. The summed E-state index contributed by atoms with van der Waals surface area (Å²) in [6, 6.07) is 12.7. The second kappa shape index (κ2) is 11.1. The molecule has 11 nitrogen and oxygen atoms in total. The van der Waals surface area contributed by atoms with E-state index in [0.717, 1.165) is 27.6 Å². The first-order chi connectivity index (χ1) is 23.8. The topological polar surface area (TPSA) is 139 Å². The Labute approximate surface area is 296 Å². The van der Waals surface area contributed by atoms with Gasteiger partial charge in [-0.3, -0.25) is 23.9 Å². The van der Waals surface area contributed by atoms with Crippen LogP contribution in [0.15, 0.2) is 54.1 Å². The Bertz CT molecular complexity index is 2260. The molecule has 2 aliphatic carbocycles. The molecular weight excluding hydrogens is 680 g/mol. The Morgan fingerprint density at radius 3 is 2.56 bits per heavy atom. The van der Waals surface area contributed by atoms with Gasteiger partial charge in [0.1, 0.15) is 17.3 Å². The molecule has 4 aliphatic rings. The number of thiophene rings is 1. The quantitative estimate of drug-likeness (QED) is 0.194. The number of fused-ring (bicyclic) bond motifs is 5. The average molecular weight is 713 g/mol. The number of nitrogens with zero attached hydrogens (tertiary/aromatic N) is 4. The third-order valence-electron chi connectivity index (χ3n) is 11.4. The minimum atomic E-state index is -1.36. The number of aromatic nitrogens is 2. The number of amides is 5. The predicted molar refractivity (Wildman–Crippen MR) is 185 cm³/mol. The third kappa shape index (κ3) is 4.21. The van der Waals surface area contributed by atoms with E-state index in [-0.39, 0.29) is 18.6 Å². The van der Waals surface area contributed by atoms with Crippen molar-refractivity contribution in [1.82, 2.24) is 14.7 Å². The van der Waals surface area contributed by atoms with Gasteiger partial charge in [0.25, 0.3) is 0 Å². The number of carbonyl (C=O) groups is 5. The van der Waals surface area contributed by atoms with Crippen molar-refractivity contribution in [2.45, 2.75) is 39.5 Å². The van der Waals surface area contributed by atoms with E-state index in [9.17, 15) is 29.1 Å². The van der Waals surface area contributed by atoms with E-state index in [4.69, 9.17) is 21.4 Å². The van der Waals surface area contributed by atoms with Crippen molar-refractivity contribution in [3.8, 4) is 16.3 Å². The predicted octanol–water partition coefficient (Wildman–Crippen LogP) is 6.27. The number of phenols is 1. The highest BCUT2D eigenvalue weighted by molar-refractivity contribution is 7.22. The molecule has 0 radical (unpaired) electrons. The molecule has 1 N–H and O–H groups in total. The second-order valence-corrected chi connectivity index (χ2v) is 15.4. The summed E-state index contributed by atoms with van der Waals surface area (Å²) in [5.74, 6) is -6.02. The number of hydrogen-bond donors (Lipinski definition) is 1. The highest BCUT2D eigenvalue weighted by atomic mass is 35.5. The van der Waals surface area contributed by atoms with Gasteiger partial charge in [-0.25, -0.2) is 9.69 Å². The van der Waals surface area contributed by atoms with Crippen LogP contribution in [-0.2, 0) is 31.0 Å². The number of rotatable bonds is 3. The molecular formula is C37H33ClN4O7S. The summed E-state index contributed by atoms with van der Waals surface area (Å²) in [6.45, 7) is 5.50. The molecule has 256 valence electrons. The van der Waals surface area contributed by atoms with Gasteiger partial charge >= 0.3 is 6.09 Å². The average Bonchev–Trinajstić information content (AvgIpc) is 3.76. The molecule has 2 aromatic carbocycles. The highest BCUT2D eigenvalue weighted by Crippen LogP contribution is 2.64. The summed E-state index contributed by atoms with van der Waals surface area (Å²) in [4.78, 5) is 72.0. The number of aromatic hydroxyl groups is 1. The minimum Gasteiger partial charge on any atom is -0.507 e. The van der Waals surface area contributed by atoms with E-state index >= 15 is 0 Å². The second-order valence-electron chi connectivity index (χ2n) is 13.9. The molecule has 8 rings (SSSR count). The Morgan fingerprint density at radius 1 is 1.06 bits per heavy atom. The van der Waals surface area contributed by atoms with Crippen LogP contribution in [0.1, 0.15) is 42.4 Å². The molecule has 5 amide bonds. The van der Waals surface area contributed by atoms with Crippen molar-refractivity contribution in [2.75, 3.05) is 12.0 Å². The first kappa shape index (κ1) is 32.4.